The first kappa shape index (κ1) is 16.7. The number of carboxylic acid groups (broad SMARTS) is 1. The monoisotopic (exact) mass is 344 g/mol. The number of halogens is 1. The van der Waals surface area contributed by atoms with Gasteiger partial charge in [0.2, 0.25) is 0 Å². The smallest absolute Gasteiger partial charge is 0.407 e. The molecule has 0 spiro atoms. The first-order valence-electron chi connectivity index (χ1n) is 8.14. The van der Waals surface area contributed by atoms with Crippen molar-refractivity contribution in [1.29, 1.82) is 0 Å². The topological polar surface area (TPSA) is 43.8 Å². The molecule has 1 N–H and O–H groups in total. The van der Waals surface area contributed by atoms with Gasteiger partial charge in [-0.25, -0.2) is 4.79 Å². The van der Waals surface area contributed by atoms with E-state index in [1.54, 1.807) is 7.05 Å². The number of hydrogen-bond acceptors (Lipinski definition) is 2. The number of anilines is 2. The van der Waals surface area contributed by atoms with Gasteiger partial charge in [-0.1, -0.05) is 35.9 Å². The van der Waals surface area contributed by atoms with Crippen LogP contribution in [0, 0.1) is 0 Å². The van der Waals surface area contributed by atoms with Crippen molar-refractivity contribution in [3.63, 3.8) is 0 Å². The molecule has 2 aromatic carbocycles. The number of hydrogen-bond donors (Lipinski definition) is 1. The number of amides is 1. The minimum absolute atomic E-state index is 0.504. The molecule has 1 amide bonds. The summed E-state index contributed by atoms with van der Waals surface area (Å²) in [5, 5.41) is 9.73. The molecule has 0 unspecified atom stereocenters. The Morgan fingerprint density at radius 3 is 2.62 bits per heavy atom. The van der Waals surface area contributed by atoms with Crippen LogP contribution in [-0.4, -0.2) is 36.2 Å². The highest BCUT2D eigenvalue weighted by Gasteiger charge is 2.20. The Morgan fingerprint density at radius 1 is 1.17 bits per heavy atom. The maximum absolute atomic E-state index is 11.0. The lowest BCUT2D eigenvalue weighted by Crippen LogP contribution is -2.29. The summed E-state index contributed by atoms with van der Waals surface area (Å²) in [6, 6.07) is 14.5. The molecule has 1 heterocycles. The maximum atomic E-state index is 11.0. The van der Waals surface area contributed by atoms with Crippen molar-refractivity contribution in [3.8, 4) is 0 Å². The van der Waals surface area contributed by atoms with Crippen LogP contribution in [0.4, 0.5) is 16.2 Å². The highest BCUT2D eigenvalue weighted by Crippen LogP contribution is 2.37. The number of aryl methyl sites for hydroxylation is 2. The zero-order valence-corrected chi connectivity index (χ0v) is 14.5. The van der Waals surface area contributed by atoms with Crippen molar-refractivity contribution >= 4 is 29.1 Å². The highest BCUT2D eigenvalue weighted by molar-refractivity contribution is 6.30. The van der Waals surface area contributed by atoms with Crippen LogP contribution in [-0.2, 0) is 12.8 Å². The normalized spacial score (nSPS) is 13.0. The molecule has 4 nitrogen and oxygen atoms in total. The Bertz CT molecular complexity index is 748. The van der Waals surface area contributed by atoms with Crippen molar-refractivity contribution in [3.05, 3.63) is 58.6 Å². The van der Waals surface area contributed by atoms with E-state index < -0.39 is 6.09 Å². The largest absolute Gasteiger partial charge is 0.465 e. The molecular weight excluding hydrogens is 324 g/mol. The molecule has 5 heteroatoms. The minimum Gasteiger partial charge on any atom is -0.465 e. The summed E-state index contributed by atoms with van der Waals surface area (Å²) < 4.78 is 0. The molecule has 3 rings (SSSR count). The molecule has 0 fully saturated rings. The predicted octanol–water partition coefficient (Wildman–Crippen LogP) is 4.58. The van der Waals surface area contributed by atoms with Gasteiger partial charge >= 0.3 is 6.09 Å². The third-order valence-electron chi connectivity index (χ3n) is 4.49. The van der Waals surface area contributed by atoms with Gasteiger partial charge in [-0.2, -0.15) is 0 Å². The van der Waals surface area contributed by atoms with Gasteiger partial charge in [-0.3, -0.25) is 0 Å². The van der Waals surface area contributed by atoms with Crippen LogP contribution in [0.2, 0.25) is 5.02 Å². The van der Waals surface area contributed by atoms with Gasteiger partial charge in [0.15, 0.2) is 0 Å². The second kappa shape index (κ2) is 7.14. The van der Waals surface area contributed by atoms with Crippen molar-refractivity contribution in [2.45, 2.75) is 19.3 Å². The summed E-state index contributed by atoms with van der Waals surface area (Å²) in [5.41, 5.74) is 4.92. The van der Waals surface area contributed by atoms with Gasteiger partial charge in [0.1, 0.15) is 0 Å². The molecule has 0 saturated heterocycles. The van der Waals surface area contributed by atoms with E-state index in [0.29, 0.717) is 6.54 Å². The van der Waals surface area contributed by atoms with E-state index in [1.165, 1.54) is 21.7 Å². The quantitative estimate of drug-likeness (QED) is 0.883. The second-order valence-electron chi connectivity index (χ2n) is 6.11. The van der Waals surface area contributed by atoms with Crippen LogP contribution in [0.3, 0.4) is 0 Å². The molecule has 1 aliphatic rings. The number of para-hydroxylation sites is 1. The van der Waals surface area contributed by atoms with Gasteiger partial charge in [0.05, 0.1) is 0 Å². The first-order chi connectivity index (χ1) is 11.6. The van der Waals surface area contributed by atoms with Crippen molar-refractivity contribution in [1.82, 2.24) is 4.90 Å². The van der Waals surface area contributed by atoms with E-state index in [2.05, 4.69) is 29.2 Å². The van der Waals surface area contributed by atoms with E-state index in [4.69, 9.17) is 16.7 Å². The maximum Gasteiger partial charge on any atom is 0.407 e. The summed E-state index contributed by atoms with van der Waals surface area (Å²) >= 11 is 6.24. The number of nitrogens with zero attached hydrogens (tertiary/aromatic N) is 2. The summed E-state index contributed by atoms with van der Waals surface area (Å²) in [7, 11) is 1.60. The van der Waals surface area contributed by atoms with Crippen molar-refractivity contribution in [2.24, 2.45) is 0 Å². The van der Waals surface area contributed by atoms with E-state index in [1.807, 2.05) is 18.2 Å². The SMILES string of the molecule is CN(CCCN1c2ccccc2CCc2ccc(Cl)cc21)C(=O)O. The third-order valence-corrected chi connectivity index (χ3v) is 4.72. The molecule has 0 radical (unpaired) electrons. The second-order valence-corrected chi connectivity index (χ2v) is 6.55. The molecule has 126 valence electrons. The van der Waals surface area contributed by atoms with Crippen LogP contribution in [0.5, 0.6) is 0 Å². The van der Waals surface area contributed by atoms with Crippen LogP contribution < -0.4 is 4.90 Å². The highest BCUT2D eigenvalue weighted by atomic mass is 35.5. The summed E-state index contributed by atoms with van der Waals surface area (Å²) in [5.74, 6) is 0. The fourth-order valence-electron chi connectivity index (χ4n) is 3.19. The number of carbonyl (C=O) groups is 1. The zero-order chi connectivity index (χ0) is 17.1. The van der Waals surface area contributed by atoms with Crippen LogP contribution >= 0.6 is 11.6 Å². The van der Waals surface area contributed by atoms with Gasteiger partial charge in [-0.15, -0.1) is 0 Å². The molecular formula is C19H21ClN2O2. The van der Waals surface area contributed by atoms with E-state index >= 15 is 0 Å². The van der Waals surface area contributed by atoms with E-state index in [-0.39, 0.29) is 0 Å². The lowest BCUT2D eigenvalue weighted by Gasteiger charge is -2.28. The summed E-state index contributed by atoms with van der Waals surface area (Å²) in [6.07, 6.45) is 1.84. The molecule has 24 heavy (non-hydrogen) atoms. The average Bonchev–Trinajstić information content (AvgIpc) is 2.72. The minimum atomic E-state index is -0.894. The molecule has 1 aliphatic heterocycles. The fourth-order valence-corrected chi connectivity index (χ4v) is 3.35. The van der Waals surface area contributed by atoms with Gasteiger partial charge in [0, 0.05) is 36.5 Å². The molecule has 0 saturated carbocycles. The summed E-state index contributed by atoms with van der Waals surface area (Å²) in [4.78, 5) is 14.6. The molecule has 0 aliphatic carbocycles. The Hall–Kier alpha value is -2.20. The van der Waals surface area contributed by atoms with Gasteiger partial charge < -0.3 is 14.9 Å². The van der Waals surface area contributed by atoms with Crippen molar-refractivity contribution in [2.75, 3.05) is 25.0 Å². The Labute approximate surface area is 147 Å². The summed E-state index contributed by atoms with van der Waals surface area (Å²) in [6.45, 7) is 1.26. The van der Waals surface area contributed by atoms with E-state index in [9.17, 15) is 4.79 Å². The average molecular weight is 345 g/mol. The lowest BCUT2D eigenvalue weighted by atomic mass is 10.0. The number of benzene rings is 2. The Morgan fingerprint density at radius 2 is 1.88 bits per heavy atom. The van der Waals surface area contributed by atoms with Gasteiger partial charge in [-0.05, 0) is 48.6 Å². The molecule has 0 atom stereocenters. The zero-order valence-electron chi connectivity index (χ0n) is 13.7. The number of fused-ring (bicyclic) bond motifs is 2. The molecule has 0 bridgehead atoms. The Kier molecular flexibility index (Phi) is 4.95. The fraction of sp³-hybridized carbons (Fsp3) is 0.316. The van der Waals surface area contributed by atoms with Crippen LogP contribution in [0.25, 0.3) is 0 Å². The van der Waals surface area contributed by atoms with Crippen LogP contribution in [0.15, 0.2) is 42.5 Å². The molecule has 0 aromatic heterocycles. The Balaban J connectivity index is 1.90. The predicted molar refractivity (Wildman–Crippen MR) is 97.6 cm³/mol. The standard InChI is InChI=1S/C19H21ClN2O2/c1-21(19(23)24)11-4-12-22-17-6-3-2-5-14(17)7-8-15-9-10-16(20)13-18(15)22/h2-3,5-6,9-10,13H,4,7-8,11-12H2,1H3,(H,23,24). The van der Waals surface area contributed by atoms with Crippen LogP contribution in [0.1, 0.15) is 17.5 Å². The lowest BCUT2D eigenvalue weighted by molar-refractivity contribution is 0.156. The van der Waals surface area contributed by atoms with E-state index in [0.717, 1.165) is 36.5 Å². The first-order valence-corrected chi connectivity index (χ1v) is 8.52. The molecule has 2 aromatic rings. The third kappa shape index (κ3) is 3.49. The van der Waals surface area contributed by atoms with Gasteiger partial charge in [0.25, 0.3) is 0 Å². The van der Waals surface area contributed by atoms with Crippen molar-refractivity contribution < 1.29 is 9.90 Å². The number of rotatable bonds is 4.